The molecule has 1 aromatic heterocycles. The van der Waals surface area contributed by atoms with Crippen molar-refractivity contribution in [3.63, 3.8) is 0 Å². The molecular weight excluding hydrogens is 379 g/mol. The van der Waals surface area contributed by atoms with Crippen molar-refractivity contribution in [3.05, 3.63) is 30.1 Å². The lowest BCUT2D eigenvalue weighted by atomic mass is 10.2. The van der Waals surface area contributed by atoms with Crippen LogP contribution in [-0.2, 0) is 11.3 Å². The highest BCUT2D eigenvalue weighted by Gasteiger charge is 2.14. The Hall–Kier alpha value is -0.890. The first kappa shape index (κ1) is 18.2. The molecule has 1 unspecified atom stereocenters. The molecule has 2 N–H and O–H groups in total. The van der Waals surface area contributed by atoms with Gasteiger partial charge in [-0.15, -0.1) is 24.0 Å². The van der Waals surface area contributed by atoms with E-state index in [0.717, 1.165) is 37.8 Å². The van der Waals surface area contributed by atoms with Crippen LogP contribution in [-0.4, -0.2) is 36.7 Å². The Morgan fingerprint density at radius 3 is 3.00 bits per heavy atom. The third-order valence-corrected chi connectivity index (χ3v) is 3.25. The zero-order valence-corrected chi connectivity index (χ0v) is 14.9. The summed E-state index contributed by atoms with van der Waals surface area (Å²) in [6.07, 6.45) is 5.62. The van der Waals surface area contributed by atoms with Crippen molar-refractivity contribution in [2.24, 2.45) is 4.99 Å². The third kappa shape index (κ3) is 7.08. The monoisotopic (exact) mass is 404 g/mol. The summed E-state index contributed by atoms with van der Waals surface area (Å²) in [5.41, 5.74) is 0.976. The van der Waals surface area contributed by atoms with E-state index in [4.69, 9.17) is 4.74 Å². The molecule has 6 heteroatoms. The summed E-state index contributed by atoms with van der Waals surface area (Å²) in [5, 5.41) is 6.60. The highest BCUT2D eigenvalue weighted by molar-refractivity contribution is 14.0. The van der Waals surface area contributed by atoms with E-state index in [0.29, 0.717) is 12.6 Å². The van der Waals surface area contributed by atoms with Gasteiger partial charge in [0, 0.05) is 25.9 Å². The molecule has 1 aliphatic rings. The zero-order chi connectivity index (χ0) is 14.0. The fourth-order valence-electron chi connectivity index (χ4n) is 2.22. The van der Waals surface area contributed by atoms with Gasteiger partial charge in [0.15, 0.2) is 5.96 Å². The van der Waals surface area contributed by atoms with E-state index < -0.39 is 0 Å². The number of ether oxygens (including phenoxy) is 1. The molecule has 0 bridgehead atoms. The maximum absolute atomic E-state index is 5.61. The molecule has 1 atom stereocenters. The van der Waals surface area contributed by atoms with Gasteiger partial charge in [-0.1, -0.05) is 6.07 Å². The van der Waals surface area contributed by atoms with E-state index in [2.05, 4.69) is 27.5 Å². The van der Waals surface area contributed by atoms with Crippen molar-refractivity contribution < 1.29 is 4.74 Å². The number of nitrogens with zero attached hydrogens (tertiary/aromatic N) is 2. The number of nitrogens with one attached hydrogen (secondary N) is 2. The molecule has 1 saturated heterocycles. The number of rotatable bonds is 6. The minimum atomic E-state index is 0. The van der Waals surface area contributed by atoms with Crippen LogP contribution in [0.15, 0.2) is 29.4 Å². The normalized spacial score (nSPS) is 18.1. The second-order valence-electron chi connectivity index (χ2n) is 4.87. The average molecular weight is 404 g/mol. The van der Waals surface area contributed by atoms with Crippen LogP contribution < -0.4 is 10.6 Å². The van der Waals surface area contributed by atoms with Gasteiger partial charge in [0.05, 0.1) is 18.3 Å². The van der Waals surface area contributed by atoms with E-state index >= 15 is 0 Å². The van der Waals surface area contributed by atoms with Gasteiger partial charge in [-0.2, -0.15) is 0 Å². The second-order valence-corrected chi connectivity index (χ2v) is 4.87. The van der Waals surface area contributed by atoms with Crippen LogP contribution in [0.4, 0.5) is 0 Å². The molecule has 1 fully saturated rings. The van der Waals surface area contributed by atoms with Crippen LogP contribution in [0.25, 0.3) is 0 Å². The Morgan fingerprint density at radius 1 is 1.43 bits per heavy atom. The summed E-state index contributed by atoms with van der Waals surface area (Å²) in [5.74, 6) is 0.844. The molecule has 2 heterocycles. The molecule has 118 valence electrons. The van der Waals surface area contributed by atoms with E-state index in [9.17, 15) is 0 Å². The molecule has 2 rings (SSSR count). The van der Waals surface area contributed by atoms with Gasteiger partial charge >= 0.3 is 0 Å². The summed E-state index contributed by atoms with van der Waals surface area (Å²) < 4.78 is 5.61. The van der Waals surface area contributed by atoms with Gasteiger partial charge in [0.2, 0.25) is 0 Å². The zero-order valence-electron chi connectivity index (χ0n) is 12.5. The fraction of sp³-hybridized carbons (Fsp3) is 0.600. The van der Waals surface area contributed by atoms with Crippen molar-refractivity contribution in [1.29, 1.82) is 0 Å². The topological polar surface area (TPSA) is 58.5 Å². The molecule has 1 aliphatic heterocycles. The van der Waals surface area contributed by atoms with Crippen molar-refractivity contribution in [3.8, 4) is 0 Å². The van der Waals surface area contributed by atoms with Crippen molar-refractivity contribution in [2.45, 2.75) is 38.8 Å². The van der Waals surface area contributed by atoms with Gasteiger partial charge < -0.3 is 15.4 Å². The van der Waals surface area contributed by atoms with Crippen LogP contribution in [0.2, 0.25) is 0 Å². The molecule has 0 radical (unpaired) electrons. The molecule has 5 nitrogen and oxygen atoms in total. The van der Waals surface area contributed by atoms with Gasteiger partial charge in [0.25, 0.3) is 0 Å². The maximum Gasteiger partial charge on any atom is 0.191 e. The standard InChI is InChI=1S/C15H24N4O.HI/c1-2-16-15(18-10-8-14-7-5-11-20-14)19-12-13-6-3-4-9-17-13;/h3-4,6,9,14H,2,5,7-8,10-12H2,1H3,(H2,16,18,19);1H. The maximum atomic E-state index is 5.61. The number of pyridine rings is 1. The predicted octanol–water partition coefficient (Wildman–Crippen LogP) is 2.32. The first-order chi connectivity index (χ1) is 9.88. The van der Waals surface area contributed by atoms with Gasteiger partial charge in [-0.05, 0) is 38.3 Å². The number of aliphatic imine (C=N–C) groups is 1. The Morgan fingerprint density at radius 2 is 2.33 bits per heavy atom. The van der Waals surface area contributed by atoms with Crippen LogP contribution >= 0.6 is 24.0 Å². The van der Waals surface area contributed by atoms with Crippen LogP contribution in [0.1, 0.15) is 31.9 Å². The molecule has 0 spiro atoms. The van der Waals surface area contributed by atoms with Gasteiger partial charge in [-0.3, -0.25) is 4.98 Å². The van der Waals surface area contributed by atoms with E-state index in [1.807, 2.05) is 18.2 Å². The molecule has 0 aliphatic carbocycles. The number of aromatic nitrogens is 1. The Bertz CT molecular complexity index is 407. The lowest BCUT2D eigenvalue weighted by Crippen LogP contribution is -2.38. The summed E-state index contributed by atoms with van der Waals surface area (Å²) in [6.45, 7) is 5.32. The number of hydrogen-bond donors (Lipinski definition) is 2. The summed E-state index contributed by atoms with van der Waals surface area (Å²) >= 11 is 0. The quantitative estimate of drug-likeness (QED) is 0.434. The summed E-state index contributed by atoms with van der Waals surface area (Å²) in [4.78, 5) is 8.81. The molecule has 0 saturated carbocycles. The molecule has 0 aromatic carbocycles. The molecule has 1 aromatic rings. The number of halogens is 1. The Balaban J connectivity index is 0.00000220. The molecule has 0 amide bonds. The van der Waals surface area contributed by atoms with Crippen molar-refractivity contribution in [1.82, 2.24) is 15.6 Å². The molecular formula is C15H25IN4O. The minimum Gasteiger partial charge on any atom is -0.378 e. The van der Waals surface area contributed by atoms with Crippen LogP contribution in [0.5, 0.6) is 0 Å². The van der Waals surface area contributed by atoms with Crippen molar-refractivity contribution in [2.75, 3.05) is 19.7 Å². The highest BCUT2D eigenvalue weighted by atomic mass is 127. The van der Waals surface area contributed by atoms with Gasteiger partial charge in [0.1, 0.15) is 0 Å². The SMILES string of the molecule is CCNC(=NCc1ccccn1)NCCC1CCCO1.I. The van der Waals surface area contributed by atoms with E-state index in [1.165, 1.54) is 12.8 Å². The largest absolute Gasteiger partial charge is 0.378 e. The van der Waals surface area contributed by atoms with Gasteiger partial charge in [-0.25, -0.2) is 4.99 Å². The highest BCUT2D eigenvalue weighted by Crippen LogP contribution is 2.14. The van der Waals surface area contributed by atoms with E-state index in [-0.39, 0.29) is 24.0 Å². The minimum absolute atomic E-state index is 0. The summed E-state index contributed by atoms with van der Waals surface area (Å²) in [6, 6.07) is 5.88. The van der Waals surface area contributed by atoms with Crippen LogP contribution in [0.3, 0.4) is 0 Å². The first-order valence-electron chi connectivity index (χ1n) is 7.42. The number of hydrogen-bond acceptors (Lipinski definition) is 3. The summed E-state index contributed by atoms with van der Waals surface area (Å²) in [7, 11) is 0. The lowest BCUT2D eigenvalue weighted by Gasteiger charge is -2.13. The fourth-order valence-corrected chi connectivity index (χ4v) is 2.22. The lowest BCUT2D eigenvalue weighted by molar-refractivity contribution is 0.105. The Kier molecular flexibility index (Phi) is 9.32. The smallest absolute Gasteiger partial charge is 0.191 e. The first-order valence-corrected chi connectivity index (χ1v) is 7.42. The van der Waals surface area contributed by atoms with Crippen LogP contribution in [0, 0.1) is 0 Å². The predicted molar refractivity (Wildman–Crippen MR) is 96.1 cm³/mol. The van der Waals surface area contributed by atoms with Crippen molar-refractivity contribution >= 4 is 29.9 Å². The third-order valence-electron chi connectivity index (χ3n) is 3.25. The Labute approximate surface area is 144 Å². The second kappa shape index (κ2) is 10.8. The number of guanidine groups is 1. The molecule has 21 heavy (non-hydrogen) atoms. The van der Waals surface area contributed by atoms with E-state index in [1.54, 1.807) is 6.20 Å². The average Bonchev–Trinajstić information content (AvgIpc) is 2.99.